The lowest BCUT2D eigenvalue weighted by Gasteiger charge is -2.14. The average molecular weight is 149 g/mol. The third-order valence-corrected chi connectivity index (χ3v) is 2.57. The summed E-state index contributed by atoms with van der Waals surface area (Å²) in [6, 6.07) is 0. The van der Waals surface area contributed by atoms with E-state index in [4.69, 9.17) is 0 Å². The Morgan fingerprint density at radius 2 is 2.00 bits per heavy atom. The monoisotopic (exact) mass is 149 g/mol. The Balaban J connectivity index is 2.12. The van der Waals surface area contributed by atoms with Crippen molar-refractivity contribution in [1.82, 2.24) is 5.32 Å². The lowest BCUT2D eigenvalue weighted by Crippen LogP contribution is -2.10. The van der Waals surface area contributed by atoms with Crippen molar-refractivity contribution >= 4 is 0 Å². The second-order valence-electron chi connectivity index (χ2n) is 3.39. The van der Waals surface area contributed by atoms with Gasteiger partial charge in [-0.1, -0.05) is 12.5 Å². The SMILES string of the molecule is C1=CNC2=C(C1)CCCCC2. The smallest absolute Gasteiger partial charge is 0.0141 e. The standard InChI is InChI=1S/C10H15N/c1-2-5-9-6-4-8-11-10(9)7-3-1/h4,8,11H,1-3,5-7H2. The summed E-state index contributed by atoms with van der Waals surface area (Å²) in [7, 11) is 0. The van der Waals surface area contributed by atoms with E-state index >= 15 is 0 Å². The van der Waals surface area contributed by atoms with Gasteiger partial charge in [-0.25, -0.2) is 0 Å². The molecule has 0 saturated carbocycles. The molecule has 0 saturated heterocycles. The fourth-order valence-electron chi connectivity index (χ4n) is 1.90. The van der Waals surface area contributed by atoms with E-state index in [1.807, 2.05) is 0 Å². The van der Waals surface area contributed by atoms with Gasteiger partial charge in [0.1, 0.15) is 0 Å². The zero-order chi connectivity index (χ0) is 7.52. The predicted octanol–water partition coefficient (Wildman–Crippen LogP) is 2.71. The highest BCUT2D eigenvalue weighted by Crippen LogP contribution is 2.26. The van der Waals surface area contributed by atoms with E-state index < -0.39 is 0 Å². The molecular weight excluding hydrogens is 134 g/mol. The summed E-state index contributed by atoms with van der Waals surface area (Å²) in [6.45, 7) is 0. The van der Waals surface area contributed by atoms with Gasteiger partial charge in [-0.15, -0.1) is 0 Å². The van der Waals surface area contributed by atoms with E-state index in [0.717, 1.165) is 0 Å². The Labute approximate surface area is 68.2 Å². The van der Waals surface area contributed by atoms with Gasteiger partial charge in [-0.3, -0.25) is 0 Å². The zero-order valence-corrected chi connectivity index (χ0v) is 6.90. The van der Waals surface area contributed by atoms with Gasteiger partial charge < -0.3 is 5.32 Å². The van der Waals surface area contributed by atoms with Gasteiger partial charge in [0.25, 0.3) is 0 Å². The maximum absolute atomic E-state index is 3.36. The van der Waals surface area contributed by atoms with Crippen molar-refractivity contribution in [3.8, 4) is 0 Å². The van der Waals surface area contributed by atoms with Crippen LogP contribution in [0, 0.1) is 0 Å². The van der Waals surface area contributed by atoms with Crippen molar-refractivity contribution in [2.45, 2.75) is 38.5 Å². The Hall–Kier alpha value is -0.720. The van der Waals surface area contributed by atoms with Crippen LogP contribution in [0.25, 0.3) is 0 Å². The van der Waals surface area contributed by atoms with Gasteiger partial charge in [0.05, 0.1) is 0 Å². The third kappa shape index (κ3) is 1.47. The van der Waals surface area contributed by atoms with Crippen molar-refractivity contribution in [1.29, 1.82) is 0 Å². The van der Waals surface area contributed by atoms with Crippen LogP contribution < -0.4 is 5.32 Å². The van der Waals surface area contributed by atoms with Crippen LogP contribution in [0.15, 0.2) is 23.5 Å². The Kier molecular flexibility index (Phi) is 1.97. The molecule has 0 amide bonds. The molecule has 0 bridgehead atoms. The van der Waals surface area contributed by atoms with Crippen LogP contribution in [0.3, 0.4) is 0 Å². The van der Waals surface area contributed by atoms with E-state index in [1.165, 1.54) is 44.2 Å². The number of hydrogen-bond acceptors (Lipinski definition) is 1. The molecule has 0 aromatic rings. The van der Waals surface area contributed by atoms with Gasteiger partial charge in [-0.2, -0.15) is 0 Å². The molecule has 0 aromatic carbocycles. The molecule has 1 heteroatoms. The summed E-state index contributed by atoms with van der Waals surface area (Å²) in [5, 5.41) is 3.36. The lowest BCUT2D eigenvalue weighted by molar-refractivity contribution is 0.700. The van der Waals surface area contributed by atoms with E-state index in [2.05, 4.69) is 17.6 Å². The minimum Gasteiger partial charge on any atom is -0.365 e. The highest BCUT2D eigenvalue weighted by atomic mass is 14.9. The maximum atomic E-state index is 3.36. The summed E-state index contributed by atoms with van der Waals surface area (Å²) in [4.78, 5) is 0. The molecule has 1 aliphatic heterocycles. The highest BCUT2D eigenvalue weighted by molar-refractivity contribution is 5.22. The van der Waals surface area contributed by atoms with Crippen LogP contribution in [-0.2, 0) is 0 Å². The number of allylic oxidation sites excluding steroid dienone is 3. The largest absolute Gasteiger partial charge is 0.365 e. The van der Waals surface area contributed by atoms with Crippen molar-refractivity contribution in [2.75, 3.05) is 0 Å². The predicted molar refractivity (Wildman–Crippen MR) is 47.0 cm³/mol. The quantitative estimate of drug-likeness (QED) is 0.558. The molecule has 1 heterocycles. The molecule has 60 valence electrons. The average Bonchev–Trinajstić information content (AvgIpc) is 2.28. The maximum Gasteiger partial charge on any atom is 0.0141 e. The summed E-state index contributed by atoms with van der Waals surface area (Å²) in [5.41, 5.74) is 3.18. The van der Waals surface area contributed by atoms with Crippen molar-refractivity contribution in [3.63, 3.8) is 0 Å². The van der Waals surface area contributed by atoms with Gasteiger partial charge in [-0.05, 0) is 43.9 Å². The number of rotatable bonds is 0. The first-order valence-electron chi connectivity index (χ1n) is 4.59. The zero-order valence-electron chi connectivity index (χ0n) is 6.90. The molecule has 1 aliphatic carbocycles. The molecule has 0 atom stereocenters. The molecular formula is C10H15N. The summed E-state index contributed by atoms with van der Waals surface area (Å²) >= 11 is 0. The molecule has 0 fully saturated rings. The molecule has 2 aliphatic rings. The lowest BCUT2D eigenvalue weighted by atomic mass is 10.0. The van der Waals surface area contributed by atoms with E-state index in [1.54, 1.807) is 5.57 Å². The van der Waals surface area contributed by atoms with Crippen LogP contribution in [-0.4, -0.2) is 0 Å². The van der Waals surface area contributed by atoms with E-state index in [9.17, 15) is 0 Å². The van der Waals surface area contributed by atoms with Crippen LogP contribution in [0.5, 0.6) is 0 Å². The fourth-order valence-corrected chi connectivity index (χ4v) is 1.90. The fraction of sp³-hybridized carbons (Fsp3) is 0.600. The minimum atomic E-state index is 1.20. The third-order valence-electron chi connectivity index (χ3n) is 2.57. The highest BCUT2D eigenvalue weighted by Gasteiger charge is 2.11. The van der Waals surface area contributed by atoms with Gasteiger partial charge in [0.15, 0.2) is 0 Å². The van der Waals surface area contributed by atoms with Crippen LogP contribution in [0.2, 0.25) is 0 Å². The van der Waals surface area contributed by atoms with E-state index in [0.29, 0.717) is 0 Å². The van der Waals surface area contributed by atoms with Gasteiger partial charge in [0, 0.05) is 5.70 Å². The summed E-state index contributed by atoms with van der Waals surface area (Å²) < 4.78 is 0. The molecule has 1 N–H and O–H groups in total. The number of dihydropyridines is 1. The first kappa shape index (κ1) is 6.96. The van der Waals surface area contributed by atoms with Gasteiger partial charge in [0.2, 0.25) is 0 Å². The number of hydrogen-bond donors (Lipinski definition) is 1. The molecule has 0 spiro atoms. The van der Waals surface area contributed by atoms with E-state index in [-0.39, 0.29) is 0 Å². The van der Waals surface area contributed by atoms with Crippen LogP contribution in [0.1, 0.15) is 38.5 Å². The number of nitrogens with one attached hydrogen (secondary N) is 1. The van der Waals surface area contributed by atoms with Crippen LogP contribution >= 0.6 is 0 Å². The Morgan fingerprint density at radius 3 is 3.00 bits per heavy atom. The first-order valence-corrected chi connectivity index (χ1v) is 4.59. The summed E-state index contributed by atoms with van der Waals surface area (Å²) in [6.07, 6.45) is 12.3. The molecule has 11 heavy (non-hydrogen) atoms. The molecule has 0 unspecified atom stereocenters. The van der Waals surface area contributed by atoms with Crippen molar-refractivity contribution in [2.24, 2.45) is 0 Å². The Bertz CT molecular complexity index is 181. The Morgan fingerprint density at radius 1 is 1.09 bits per heavy atom. The second kappa shape index (κ2) is 3.12. The van der Waals surface area contributed by atoms with Crippen molar-refractivity contribution < 1.29 is 0 Å². The minimum absolute atomic E-state index is 1.20. The molecule has 0 aromatic heterocycles. The normalized spacial score (nSPS) is 24.0. The first-order chi connectivity index (χ1) is 5.47. The topological polar surface area (TPSA) is 12.0 Å². The molecule has 1 nitrogen and oxygen atoms in total. The van der Waals surface area contributed by atoms with Crippen LogP contribution in [0.4, 0.5) is 0 Å². The molecule has 2 rings (SSSR count). The second-order valence-corrected chi connectivity index (χ2v) is 3.39. The molecule has 0 radical (unpaired) electrons. The van der Waals surface area contributed by atoms with Crippen molar-refractivity contribution in [3.05, 3.63) is 23.5 Å². The van der Waals surface area contributed by atoms with Gasteiger partial charge >= 0.3 is 0 Å². The summed E-state index contributed by atoms with van der Waals surface area (Å²) in [5.74, 6) is 0.